The van der Waals surface area contributed by atoms with Gasteiger partial charge in [0.25, 0.3) is 0 Å². The lowest BCUT2D eigenvalue weighted by molar-refractivity contribution is -0.139. The molecule has 2 rings (SSSR count). The van der Waals surface area contributed by atoms with Crippen LogP contribution in [0, 0.1) is 0 Å². The number of hydrazone groups is 1. The molecular weight excluding hydrogens is 349 g/mol. The molecule has 0 bridgehead atoms. The normalized spacial score (nSPS) is 12.0. The maximum absolute atomic E-state index is 11.8. The minimum absolute atomic E-state index is 0.288. The summed E-state index contributed by atoms with van der Waals surface area (Å²) in [6.45, 7) is 1.79. The number of hydrogen-bond acceptors (Lipinski definition) is 3. The zero-order valence-electron chi connectivity index (χ0n) is 12.8. The van der Waals surface area contributed by atoms with Crippen molar-refractivity contribution >= 4 is 41.2 Å². The van der Waals surface area contributed by atoms with Gasteiger partial charge in [0.1, 0.15) is 0 Å². The van der Waals surface area contributed by atoms with E-state index in [-0.39, 0.29) is 6.04 Å². The Morgan fingerprint density at radius 3 is 2.42 bits per heavy atom. The monoisotopic (exact) mass is 363 g/mol. The highest BCUT2D eigenvalue weighted by Gasteiger charge is 2.16. The molecule has 0 saturated heterocycles. The standard InChI is InChI=1S/C17H15Cl2N3O2/c1-11(13-5-3-2-4-6-13)21-16(23)17(24)22-20-10-12-7-8-14(18)15(19)9-12/h2-11H,1H3,(H,21,23)(H,22,24). The van der Waals surface area contributed by atoms with Crippen LogP contribution >= 0.6 is 23.2 Å². The Labute approximate surface area is 149 Å². The van der Waals surface area contributed by atoms with Crippen LogP contribution in [0.3, 0.4) is 0 Å². The second-order valence-electron chi connectivity index (χ2n) is 4.98. The van der Waals surface area contributed by atoms with Crippen LogP contribution in [0.15, 0.2) is 53.6 Å². The maximum atomic E-state index is 11.8. The van der Waals surface area contributed by atoms with Crippen molar-refractivity contribution in [2.45, 2.75) is 13.0 Å². The first-order valence-corrected chi connectivity index (χ1v) is 7.87. The summed E-state index contributed by atoms with van der Waals surface area (Å²) in [4.78, 5) is 23.6. The fourth-order valence-electron chi connectivity index (χ4n) is 1.90. The van der Waals surface area contributed by atoms with E-state index in [0.29, 0.717) is 15.6 Å². The molecule has 0 aromatic heterocycles. The highest BCUT2D eigenvalue weighted by molar-refractivity contribution is 6.42. The highest BCUT2D eigenvalue weighted by Crippen LogP contribution is 2.21. The Morgan fingerprint density at radius 2 is 1.75 bits per heavy atom. The van der Waals surface area contributed by atoms with Gasteiger partial charge in [-0.05, 0) is 30.2 Å². The van der Waals surface area contributed by atoms with E-state index in [1.807, 2.05) is 30.3 Å². The van der Waals surface area contributed by atoms with Crippen molar-refractivity contribution in [1.82, 2.24) is 10.7 Å². The second-order valence-corrected chi connectivity index (χ2v) is 5.79. The van der Waals surface area contributed by atoms with Gasteiger partial charge in [-0.3, -0.25) is 9.59 Å². The Kier molecular flexibility index (Phi) is 6.35. The summed E-state index contributed by atoms with van der Waals surface area (Å²) in [6, 6.07) is 13.9. The molecule has 0 fully saturated rings. The van der Waals surface area contributed by atoms with Crippen LogP contribution < -0.4 is 10.7 Å². The number of rotatable bonds is 4. The van der Waals surface area contributed by atoms with E-state index in [9.17, 15) is 9.59 Å². The number of halogens is 2. The van der Waals surface area contributed by atoms with E-state index in [2.05, 4.69) is 15.8 Å². The third kappa shape index (κ3) is 5.08. The average Bonchev–Trinajstić information content (AvgIpc) is 2.58. The number of amides is 2. The van der Waals surface area contributed by atoms with Gasteiger partial charge in [0, 0.05) is 0 Å². The summed E-state index contributed by atoms with van der Waals surface area (Å²) in [6.07, 6.45) is 1.37. The number of benzene rings is 2. The molecule has 0 heterocycles. The van der Waals surface area contributed by atoms with Crippen molar-refractivity contribution in [3.05, 3.63) is 69.7 Å². The van der Waals surface area contributed by atoms with Crippen LogP contribution in [0.5, 0.6) is 0 Å². The Morgan fingerprint density at radius 1 is 1.04 bits per heavy atom. The maximum Gasteiger partial charge on any atom is 0.329 e. The zero-order valence-corrected chi connectivity index (χ0v) is 14.3. The summed E-state index contributed by atoms with van der Waals surface area (Å²) in [5.74, 6) is -1.62. The smallest absolute Gasteiger partial charge is 0.329 e. The molecule has 0 radical (unpaired) electrons. The van der Waals surface area contributed by atoms with Gasteiger partial charge in [0.05, 0.1) is 22.3 Å². The van der Waals surface area contributed by atoms with Gasteiger partial charge in [-0.1, -0.05) is 59.6 Å². The lowest BCUT2D eigenvalue weighted by atomic mass is 10.1. The van der Waals surface area contributed by atoms with E-state index in [1.165, 1.54) is 6.21 Å². The molecule has 2 N–H and O–H groups in total. The van der Waals surface area contributed by atoms with Crippen molar-refractivity contribution in [1.29, 1.82) is 0 Å². The predicted octanol–water partition coefficient (Wildman–Crippen LogP) is 3.32. The fourth-order valence-corrected chi connectivity index (χ4v) is 2.20. The molecule has 2 amide bonds. The van der Waals surface area contributed by atoms with Crippen molar-refractivity contribution in [2.24, 2.45) is 5.10 Å². The molecule has 2 aromatic carbocycles. The van der Waals surface area contributed by atoms with Gasteiger partial charge >= 0.3 is 11.8 Å². The Bertz CT molecular complexity index is 764. The summed E-state index contributed by atoms with van der Waals surface area (Å²) in [5, 5.41) is 7.12. The average molecular weight is 364 g/mol. The summed E-state index contributed by atoms with van der Waals surface area (Å²) in [5.41, 5.74) is 3.71. The molecule has 0 spiro atoms. The molecule has 2 aromatic rings. The van der Waals surface area contributed by atoms with Crippen LogP contribution in [0.4, 0.5) is 0 Å². The minimum Gasteiger partial charge on any atom is -0.341 e. The molecule has 124 valence electrons. The summed E-state index contributed by atoms with van der Waals surface area (Å²) in [7, 11) is 0. The van der Waals surface area contributed by atoms with Gasteiger partial charge in [0.2, 0.25) is 0 Å². The van der Waals surface area contributed by atoms with E-state index >= 15 is 0 Å². The fraction of sp³-hybridized carbons (Fsp3) is 0.118. The van der Waals surface area contributed by atoms with Gasteiger partial charge in [-0.15, -0.1) is 0 Å². The van der Waals surface area contributed by atoms with Crippen molar-refractivity contribution < 1.29 is 9.59 Å². The van der Waals surface area contributed by atoms with Gasteiger partial charge < -0.3 is 5.32 Å². The molecule has 5 nitrogen and oxygen atoms in total. The van der Waals surface area contributed by atoms with E-state index in [0.717, 1.165) is 5.56 Å². The van der Waals surface area contributed by atoms with Crippen molar-refractivity contribution in [3.8, 4) is 0 Å². The zero-order chi connectivity index (χ0) is 17.5. The Hall–Kier alpha value is -2.37. The van der Waals surface area contributed by atoms with Crippen LogP contribution in [0.25, 0.3) is 0 Å². The van der Waals surface area contributed by atoms with E-state index in [1.54, 1.807) is 25.1 Å². The molecule has 24 heavy (non-hydrogen) atoms. The molecule has 0 aliphatic carbocycles. The van der Waals surface area contributed by atoms with Crippen LogP contribution in [0.2, 0.25) is 10.0 Å². The van der Waals surface area contributed by atoms with Crippen molar-refractivity contribution in [2.75, 3.05) is 0 Å². The minimum atomic E-state index is -0.853. The third-order valence-corrected chi connectivity index (χ3v) is 3.92. The van der Waals surface area contributed by atoms with Crippen molar-refractivity contribution in [3.63, 3.8) is 0 Å². The quantitative estimate of drug-likeness (QED) is 0.496. The number of nitrogens with one attached hydrogen (secondary N) is 2. The first-order chi connectivity index (χ1) is 11.5. The van der Waals surface area contributed by atoms with Gasteiger partial charge in [-0.25, -0.2) is 5.43 Å². The number of carbonyl (C=O) groups is 2. The van der Waals surface area contributed by atoms with Crippen LogP contribution in [0.1, 0.15) is 24.1 Å². The molecule has 1 unspecified atom stereocenters. The first-order valence-electron chi connectivity index (χ1n) is 7.11. The SMILES string of the molecule is CC(NC(=O)C(=O)NN=Cc1ccc(Cl)c(Cl)c1)c1ccccc1. The topological polar surface area (TPSA) is 70.6 Å². The van der Waals surface area contributed by atoms with Gasteiger partial charge in [-0.2, -0.15) is 5.10 Å². The number of hydrogen-bond donors (Lipinski definition) is 2. The molecule has 0 saturated carbocycles. The molecule has 1 atom stereocenters. The molecule has 0 aliphatic heterocycles. The second kappa shape index (κ2) is 8.47. The Balaban J connectivity index is 1.88. The third-order valence-electron chi connectivity index (χ3n) is 3.18. The summed E-state index contributed by atoms with van der Waals surface area (Å²) < 4.78 is 0. The molecular formula is C17H15Cl2N3O2. The molecule has 7 heteroatoms. The lowest BCUT2D eigenvalue weighted by Gasteiger charge is -2.13. The molecule has 0 aliphatic rings. The highest BCUT2D eigenvalue weighted by atomic mass is 35.5. The van der Waals surface area contributed by atoms with E-state index in [4.69, 9.17) is 23.2 Å². The predicted molar refractivity (Wildman–Crippen MR) is 95.2 cm³/mol. The van der Waals surface area contributed by atoms with Gasteiger partial charge in [0.15, 0.2) is 0 Å². The lowest BCUT2D eigenvalue weighted by Crippen LogP contribution is -2.39. The van der Waals surface area contributed by atoms with Crippen LogP contribution in [-0.2, 0) is 9.59 Å². The number of nitrogens with zero attached hydrogens (tertiary/aromatic N) is 1. The van der Waals surface area contributed by atoms with Crippen LogP contribution in [-0.4, -0.2) is 18.0 Å². The van der Waals surface area contributed by atoms with E-state index < -0.39 is 11.8 Å². The largest absolute Gasteiger partial charge is 0.341 e. The summed E-state index contributed by atoms with van der Waals surface area (Å²) >= 11 is 11.7. The number of carbonyl (C=O) groups excluding carboxylic acids is 2. The first kappa shape index (κ1) is 18.0.